The van der Waals surface area contributed by atoms with Crippen LogP contribution in [-0.4, -0.2) is 50.4 Å². The third-order valence-electron chi connectivity index (χ3n) is 3.54. The summed E-state index contributed by atoms with van der Waals surface area (Å²) in [5.74, 6) is 0.617. The smallest absolute Gasteiger partial charge is 0.246 e. The molecule has 7 heteroatoms. The van der Waals surface area contributed by atoms with E-state index in [9.17, 15) is 4.79 Å². The first-order valence-corrected chi connectivity index (χ1v) is 8.19. The van der Waals surface area contributed by atoms with Crippen molar-refractivity contribution >= 4 is 17.7 Å². The highest BCUT2D eigenvalue weighted by molar-refractivity contribution is 7.98. The zero-order chi connectivity index (χ0) is 14.7. The van der Waals surface area contributed by atoms with Gasteiger partial charge < -0.3 is 4.90 Å². The summed E-state index contributed by atoms with van der Waals surface area (Å²) >= 11 is 1.69. The minimum absolute atomic E-state index is 0.0641. The Morgan fingerprint density at radius 1 is 1.24 bits per heavy atom. The van der Waals surface area contributed by atoms with Gasteiger partial charge in [-0.1, -0.05) is 0 Å². The largest absolute Gasteiger partial charge is 0.341 e. The van der Waals surface area contributed by atoms with Gasteiger partial charge in [0.05, 0.1) is 0 Å². The zero-order valence-electron chi connectivity index (χ0n) is 11.9. The van der Waals surface area contributed by atoms with E-state index in [0.29, 0.717) is 5.82 Å². The van der Waals surface area contributed by atoms with Crippen molar-refractivity contribution in [2.75, 3.05) is 19.3 Å². The van der Waals surface area contributed by atoms with Gasteiger partial charge in [0, 0.05) is 23.5 Å². The van der Waals surface area contributed by atoms with Crippen LogP contribution in [0.15, 0.2) is 29.2 Å². The van der Waals surface area contributed by atoms with Crippen LogP contribution in [0.1, 0.15) is 12.8 Å². The molecule has 1 aromatic carbocycles. The van der Waals surface area contributed by atoms with Crippen molar-refractivity contribution in [1.82, 2.24) is 25.1 Å². The summed E-state index contributed by atoms with van der Waals surface area (Å²) in [6.07, 6.45) is 4.21. The highest BCUT2D eigenvalue weighted by Crippen LogP contribution is 2.19. The fourth-order valence-corrected chi connectivity index (χ4v) is 2.76. The number of aromatic nitrogens is 4. The normalized spacial score (nSPS) is 14.6. The van der Waals surface area contributed by atoms with E-state index >= 15 is 0 Å². The fraction of sp³-hybridized carbons (Fsp3) is 0.429. The highest BCUT2D eigenvalue weighted by atomic mass is 32.2. The van der Waals surface area contributed by atoms with E-state index in [-0.39, 0.29) is 12.5 Å². The van der Waals surface area contributed by atoms with Crippen molar-refractivity contribution in [2.45, 2.75) is 24.3 Å². The monoisotopic (exact) mass is 303 g/mol. The maximum Gasteiger partial charge on any atom is 0.246 e. The van der Waals surface area contributed by atoms with E-state index in [0.717, 1.165) is 31.5 Å². The van der Waals surface area contributed by atoms with Crippen LogP contribution in [0.5, 0.6) is 0 Å². The van der Waals surface area contributed by atoms with Crippen LogP contribution in [0.2, 0.25) is 0 Å². The summed E-state index contributed by atoms with van der Waals surface area (Å²) in [6.45, 7) is 1.85. The van der Waals surface area contributed by atoms with Gasteiger partial charge in [-0.25, -0.2) is 0 Å². The van der Waals surface area contributed by atoms with Gasteiger partial charge in [0.25, 0.3) is 0 Å². The summed E-state index contributed by atoms with van der Waals surface area (Å²) in [5, 5.41) is 12.3. The van der Waals surface area contributed by atoms with E-state index in [1.807, 2.05) is 35.4 Å². The Morgan fingerprint density at radius 2 is 1.95 bits per heavy atom. The molecule has 0 spiro atoms. The Balaban J connectivity index is 1.68. The molecule has 1 fully saturated rings. The van der Waals surface area contributed by atoms with E-state index < -0.39 is 0 Å². The Hall–Kier alpha value is -1.89. The molecule has 0 bridgehead atoms. The van der Waals surface area contributed by atoms with Crippen molar-refractivity contribution < 1.29 is 4.79 Å². The SMILES string of the molecule is CSc1ccc(-c2nnn(CC(=O)N3CCCC3)n2)cc1. The number of benzene rings is 1. The zero-order valence-corrected chi connectivity index (χ0v) is 12.7. The van der Waals surface area contributed by atoms with Gasteiger partial charge in [-0.2, -0.15) is 4.80 Å². The van der Waals surface area contributed by atoms with E-state index in [2.05, 4.69) is 15.4 Å². The molecule has 1 aliphatic rings. The number of rotatable bonds is 4. The fourth-order valence-electron chi connectivity index (χ4n) is 2.35. The maximum atomic E-state index is 12.0. The van der Waals surface area contributed by atoms with Crippen LogP contribution < -0.4 is 0 Å². The second kappa shape index (κ2) is 6.26. The molecule has 1 amide bonds. The molecular weight excluding hydrogens is 286 g/mol. The lowest BCUT2D eigenvalue weighted by Crippen LogP contribution is -2.31. The number of carbonyl (C=O) groups excluding carboxylic acids is 1. The van der Waals surface area contributed by atoms with Crippen LogP contribution in [0, 0.1) is 0 Å². The predicted octanol–water partition coefficient (Wildman–Crippen LogP) is 1.68. The number of hydrogen-bond acceptors (Lipinski definition) is 5. The average Bonchev–Trinajstić information content (AvgIpc) is 3.19. The Morgan fingerprint density at radius 3 is 2.62 bits per heavy atom. The van der Waals surface area contributed by atoms with Crippen molar-refractivity contribution in [3.63, 3.8) is 0 Å². The van der Waals surface area contributed by atoms with Crippen molar-refractivity contribution in [2.24, 2.45) is 0 Å². The van der Waals surface area contributed by atoms with Gasteiger partial charge in [0.1, 0.15) is 6.54 Å². The van der Waals surface area contributed by atoms with Crippen LogP contribution in [0.4, 0.5) is 0 Å². The molecule has 21 heavy (non-hydrogen) atoms. The molecular formula is C14H17N5OS. The second-order valence-corrected chi connectivity index (χ2v) is 5.84. The van der Waals surface area contributed by atoms with Crippen LogP contribution >= 0.6 is 11.8 Å². The van der Waals surface area contributed by atoms with Crippen LogP contribution in [0.25, 0.3) is 11.4 Å². The molecule has 1 aliphatic heterocycles. The minimum Gasteiger partial charge on any atom is -0.341 e. The number of likely N-dealkylation sites (tertiary alicyclic amines) is 1. The standard InChI is InChI=1S/C14H17N5OS/c1-21-12-6-4-11(5-7-12)14-15-17-19(16-14)10-13(20)18-8-2-3-9-18/h4-7H,2-3,8-10H2,1H3. The van der Waals surface area contributed by atoms with Crippen LogP contribution in [0.3, 0.4) is 0 Å². The molecule has 0 N–H and O–H groups in total. The third-order valence-corrected chi connectivity index (χ3v) is 4.28. The molecule has 3 rings (SSSR count). The molecule has 1 aromatic heterocycles. The summed E-state index contributed by atoms with van der Waals surface area (Å²) < 4.78 is 0. The quantitative estimate of drug-likeness (QED) is 0.804. The number of tetrazole rings is 1. The Labute approximate surface area is 127 Å². The summed E-state index contributed by atoms with van der Waals surface area (Å²) in [4.78, 5) is 16.5. The molecule has 0 unspecified atom stereocenters. The maximum absolute atomic E-state index is 12.0. The molecule has 0 aliphatic carbocycles. The van der Waals surface area contributed by atoms with Gasteiger partial charge in [-0.3, -0.25) is 4.79 Å². The first-order valence-electron chi connectivity index (χ1n) is 6.96. The van der Waals surface area contributed by atoms with E-state index in [1.54, 1.807) is 11.8 Å². The van der Waals surface area contributed by atoms with Gasteiger partial charge >= 0.3 is 0 Å². The molecule has 2 aromatic rings. The van der Waals surface area contributed by atoms with Crippen molar-refractivity contribution in [3.8, 4) is 11.4 Å². The lowest BCUT2D eigenvalue weighted by Gasteiger charge is -2.13. The number of nitrogens with zero attached hydrogens (tertiary/aromatic N) is 5. The highest BCUT2D eigenvalue weighted by Gasteiger charge is 2.19. The Kier molecular flexibility index (Phi) is 4.19. The summed E-state index contributed by atoms with van der Waals surface area (Å²) in [5.41, 5.74) is 0.910. The molecule has 6 nitrogen and oxygen atoms in total. The Bertz CT molecular complexity index is 619. The second-order valence-electron chi connectivity index (χ2n) is 4.96. The molecule has 2 heterocycles. The van der Waals surface area contributed by atoms with Gasteiger partial charge in [-0.05, 0) is 48.6 Å². The topological polar surface area (TPSA) is 63.9 Å². The molecule has 0 radical (unpaired) electrons. The van der Waals surface area contributed by atoms with E-state index in [1.165, 1.54) is 9.69 Å². The molecule has 0 atom stereocenters. The van der Waals surface area contributed by atoms with Gasteiger partial charge in [0.2, 0.25) is 11.7 Å². The summed E-state index contributed by atoms with van der Waals surface area (Å²) in [6, 6.07) is 7.98. The summed E-state index contributed by atoms with van der Waals surface area (Å²) in [7, 11) is 0. The van der Waals surface area contributed by atoms with E-state index in [4.69, 9.17) is 0 Å². The molecule has 110 valence electrons. The number of carbonyl (C=O) groups is 1. The van der Waals surface area contributed by atoms with Crippen molar-refractivity contribution in [3.05, 3.63) is 24.3 Å². The first kappa shape index (κ1) is 14.1. The number of amides is 1. The van der Waals surface area contributed by atoms with Gasteiger partial charge in [0.15, 0.2) is 0 Å². The lowest BCUT2D eigenvalue weighted by atomic mass is 10.2. The van der Waals surface area contributed by atoms with Gasteiger partial charge in [-0.15, -0.1) is 22.0 Å². The average molecular weight is 303 g/mol. The van der Waals surface area contributed by atoms with Crippen LogP contribution in [-0.2, 0) is 11.3 Å². The molecule has 0 saturated carbocycles. The number of hydrogen-bond donors (Lipinski definition) is 0. The minimum atomic E-state index is 0.0641. The lowest BCUT2D eigenvalue weighted by molar-refractivity contribution is -0.131. The third kappa shape index (κ3) is 3.24. The predicted molar refractivity (Wildman–Crippen MR) is 80.8 cm³/mol. The first-order chi connectivity index (χ1) is 10.3. The number of thioether (sulfide) groups is 1. The molecule has 1 saturated heterocycles. The van der Waals surface area contributed by atoms with Crippen molar-refractivity contribution in [1.29, 1.82) is 0 Å².